The molecule has 0 aromatic heterocycles. The molecule has 110 valence electrons. The van der Waals surface area contributed by atoms with Crippen LogP contribution in [0.3, 0.4) is 0 Å². The van der Waals surface area contributed by atoms with Crippen LogP contribution in [0.5, 0.6) is 0 Å². The van der Waals surface area contributed by atoms with Crippen molar-refractivity contribution in [1.29, 1.82) is 0 Å². The van der Waals surface area contributed by atoms with Crippen molar-refractivity contribution in [3.8, 4) is 0 Å². The molecule has 1 fully saturated rings. The van der Waals surface area contributed by atoms with Crippen LogP contribution in [-0.4, -0.2) is 36.1 Å². The van der Waals surface area contributed by atoms with Crippen LogP contribution in [0.15, 0.2) is 30.3 Å². The molecule has 0 unspecified atom stereocenters. The van der Waals surface area contributed by atoms with Gasteiger partial charge in [0.25, 0.3) is 0 Å². The largest absolute Gasteiger partial charge is 0.396 e. The van der Waals surface area contributed by atoms with E-state index < -0.39 is 0 Å². The summed E-state index contributed by atoms with van der Waals surface area (Å²) in [4.78, 5) is 14.7. The van der Waals surface area contributed by atoms with Gasteiger partial charge in [-0.15, -0.1) is 0 Å². The zero-order valence-corrected chi connectivity index (χ0v) is 12.3. The van der Waals surface area contributed by atoms with Crippen molar-refractivity contribution in [2.75, 3.05) is 20.2 Å². The highest BCUT2D eigenvalue weighted by Gasteiger charge is 2.46. The Balaban J connectivity index is 1.99. The van der Waals surface area contributed by atoms with Gasteiger partial charge in [-0.3, -0.25) is 4.79 Å². The Bertz CT molecular complexity index is 426. The number of nitrogens with zero attached hydrogens (tertiary/aromatic N) is 1. The first kappa shape index (κ1) is 15.0. The molecule has 0 spiro atoms. The van der Waals surface area contributed by atoms with Crippen LogP contribution in [0.1, 0.15) is 44.1 Å². The zero-order chi connectivity index (χ0) is 14.4. The van der Waals surface area contributed by atoms with E-state index in [9.17, 15) is 4.79 Å². The third-order valence-corrected chi connectivity index (χ3v) is 4.44. The lowest BCUT2D eigenvalue weighted by molar-refractivity contribution is -0.139. The van der Waals surface area contributed by atoms with E-state index in [1.165, 1.54) is 5.56 Å². The Morgan fingerprint density at radius 1 is 1.20 bits per heavy atom. The second kappa shape index (κ2) is 6.89. The second-order valence-corrected chi connectivity index (χ2v) is 5.81. The van der Waals surface area contributed by atoms with Gasteiger partial charge in [-0.05, 0) is 37.7 Å². The SMILES string of the molecule is CN(CCCCCO)C(=O)C1(c2ccccc2)CCC1. The lowest BCUT2D eigenvalue weighted by atomic mass is 9.63. The van der Waals surface area contributed by atoms with Gasteiger partial charge in [0.15, 0.2) is 0 Å². The molecule has 1 aliphatic rings. The first-order valence-corrected chi connectivity index (χ1v) is 7.63. The Morgan fingerprint density at radius 2 is 1.90 bits per heavy atom. The highest BCUT2D eigenvalue weighted by molar-refractivity contribution is 5.89. The number of benzene rings is 1. The fourth-order valence-electron chi connectivity index (χ4n) is 3.02. The van der Waals surface area contributed by atoms with Crippen LogP contribution in [0.4, 0.5) is 0 Å². The predicted molar refractivity (Wildman–Crippen MR) is 80.5 cm³/mol. The van der Waals surface area contributed by atoms with Gasteiger partial charge >= 0.3 is 0 Å². The van der Waals surface area contributed by atoms with Crippen LogP contribution in [0.25, 0.3) is 0 Å². The number of rotatable bonds is 7. The molecule has 0 heterocycles. The number of aliphatic hydroxyl groups is 1. The van der Waals surface area contributed by atoms with E-state index in [0.29, 0.717) is 0 Å². The van der Waals surface area contributed by atoms with Crippen LogP contribution < -0.4 is 0 Å². The maximum atomic E-state index is 12.8. The summed E-state index contributed by atoms with van der Waals surface area (Å²) >= 11 is 0. The third kappa shape index (κ3) is 3.04. The summed E-state index contributed by atoms with van der Waals surface area (Å²) in [6, 6.07) is 10.2. The van der Waals surface area contributed by atoms with E-state index in [4.69, 9.17) is 5.11 Å². The zero-order valence-electron chi connectivity index (χ0n) is 12.3. The molecule has 0 aliphatic heterocycles. The maximum absolute atomic E-state index is 12.8. The molecule has 2 rings (SSSR count). The molecule has 0 bridgehead atoms. The van der Waals surface area contributed by atoms with Crippen molar-refractivity contribution in [3.63, 3.8) is 0 Å². The third-order valence-electron chi connectivity index (χ3n) is 4.44. The molecule has 0 saturated heterocycles. The number of aliphatic hydroxyl groups excluding tert-OH is 1. The van der Waals surface area contributed by atoms with E-state index >= 15 is 0 Å². The second-order valence-electron chi connectivity index (χ2n) is 5.81. The highest BCUT2D eigenvalue weighted by Crippen LogP contribution is 2.44. The van der Waals surface area contributed by atoms with Crippen molar-refractivity contribution >= 4 is 5.91 Å². The molecule has 3 nitrogen and oxygen atoms in total. The molecule has 0 radical (unpaired) electrons. The van der Waals surface area contributed by atoms with Crippen LogP contribution >= 0.6 is 0 Å². The summed E-state index contributed by atoms with van der Waals surface area (Å²) in [7, 11) is 1.91. The molecule has 1 aromatic rings. The minimum atomic E-state index is -0.271. The first-order chi connectivity index (χ1) is 9.70. The number of hydrogen-bond acceptors (Lipinski definition) is 2. The summed E-state index contributed by atoms with van der Waals surface area (Å²) in [5.41, 5.74) is 0.894. The summed E-state index contributed by atoms with van der Waals surface area (Å²) in [6.07, 6.45) is 5.85. The number of amides is 1. The summed E-state index contributed by atoms with van der Waals surface area (Å²) in [6.45, 7) is 1.03. The monoisotopic (exact) mass is 275 g/mol. The van der Waals surface area contributed by atoms with Gasteiger partial charge in [0.1, 0.15) is 0 Å². The molecular formula is C17H25NO2. The number of likely N-dealkylation sites (N-methyl/N-ethyl adjacent to an activating group) is 1. The smallest absolute Gasteiger partial charge is 0.232 e. The Labute approximate surface area is 121 Å². The average Bonchev–Trinajstić information content (AvgIpc) is 2.43. The van der Waals surface area contributed by atoms with Crippen molar-refractivity contribution < 1.29 is 9.90 Å². The van der Waals surface area contributed by atoms with Gasteiger partial charge in [0, 0.05) is 20.2 Å². The van der Waals surface area contributed by atoms with Gasteiger partial charge in [0.2, 0.25) is 5.91 Å². The van der Waals surface area contributed by atoms with Crippen LogP contribution in [0, 0.1) is 0 Å². The van der Waals surface area contributed by atoms with Gasteiger partial charge in [-0.1, -0.05) is 36.8 Å². The fraction of sp³-hybridized carbons (Fsp3) is 0.588. The molecule has 1 amide bonds. The molecule has 1 aliphatic carbocycles. The normalized spacial score (nSPS) is 16.5. The van der Waals surface area contributed by atoms with Gasteiger partial charge in [-0.2, -0.15) is 0 Å². The van der Waals surface area contributed by atoms with E-state index in [1.807, 2.05) is 30.1 Å². The lowest BCUT2D eigenvalue weighted by Gasteiger charge is -2.43. The maximum Gasteiger partial charge on any atom is 0.232 e. The van der Waals surface area contributed by atoms with Crippen molar-refractivity contribution in [3.05, 3.63) is 35.9 Å². The Morgan fingerprint density at radius 3 is 2.45 bits per heavy atom. The molecule has 20 heavy (non-hydrogen) atoms. The van der Waals surface area contributed by atoms with Gasteiger partial charge in [0.05, 0.1) is 5.41 Å². The average molecular weight is 275 g/mol. The van der Waals surface area contributed by atoms with Gasteiger partial charge in [-0.25, -0.2) is 0 Å². The molecule has 1 N–H and O–H groups in total. The summed E-state index contributed by atoms with van der Waals surface area (Å²) in [5, 5.41) is 8.79. The van der Waals surface area contributed by atoms with Crippen molar-refractivity contribution in [2.45, 2.75) is 43.9 Å². The number of unbranched alkanes of at least 4 members (excludes halogenated alkanes) is 2. The van der Waals surface area contributed by atoms with E-state index in [0.717, 1.165) is 45.1 Å². The standard InChI is InChI=1S/C17H25NO2/c1-18(13-6-3-7-14-19)16(20)17(11-8-12-17)15-9-4-2-5-10-15/h2,4-5,9-10,19H,3,6-8,11-14H2,1H3. The number of carbonyl (C=O) groups excluding carboxylic acids is 1. The first-order valence-electron chi connectivity index (χ1n) is 7.63. The molecule has 1 saturated carbocycles. The quantitative estimate of drug-likeness (QED) is 0.777. The van der Waals surface area contributed by atoms with Crippen molar-refractivity contribution in [2.24, 2.45) is 0 Å². The number of hydrogen-bond donors (Lipinski definition) is 1. The molecule has 3 heteroatoms. The summed E-state index contributed by atoms with van der Waals surface area (Å²) in [5.74, 6) is 0.263. The van der Waals surface area contributed by atoms with Crippen LogP contribution in [-0.2, 0) is 10.2 Å². The minimum absolute atomic E-state index is 0.242. The fourth-order valence-corrected chi connectivity index (χ4v) is 3.02. The highest BCUT2D eigenvalue weighted by atomic mass is 16.2. The Kier molecular flexibility index (Phi) is 5.18. The molecule has 0 atom stereocenters. The van der Waals surface area contributed by atoms with E-state index in [1.54, 1.807) is 0 Å². The predicted octanol–water partition coefficient (Wildman–Crippen LogP) is 2.73. The lowest BCUT2D eigenvalue weighted by Crippen LogP contribution is -2.50. The van der Waals surface area contributed by atoms with Crippen LogP contribution in [0.2, 0.25) is 0 Å². The van der Waals surface area contributed by atoms with Crippen molar-refractivity contribution in [1.82, 2.24) is 4.90 Å². The summed E-state index contributed by atoms with van der Waals surface area (Å²) < 4.78 is 0. The molecule has 1 aromatic carbocycles. The topological polar surface area (TPSA) is 40.5 Å². The van der Waals surface area contributed by atoms with E-state index in [2.05, 4.69) is 12.1 Å². The number of carbonyl (C=O) groups is 1. The minimum Gasteiger partial charge on any atom is -0.396 e. The van der Waals surface area contributed by atoms with E-state index in [-0.39, 0.29) is 17.9 Å². The Hall–Kier alpha value is -1.35. The molecular weight excluding hydrogens is 250 g/mol. The van der Waals surface area contributed by atoms with Gasteiger partial charge < -0.3 is 10.0 Å².